The van der Waals surface area contributed by atoms with E-state index in [-0.39, 0.29) is 31.0 Å². The van der Waals surface area contributed by atoms with Gasteiger partial charge < -0.3 is 15.8 Å². The highest BCUT2D eigenvalue weighted by atomic mass is 35.5. The first-order valence-corrected chi connectivity index (χ1v) is 5.86. The van der Waals surface area contributed by atoms with E-state index in [1.165, 1.54) is 0 Å². The lowest BCUT2D eigenvalue weighted by Crippen LogP contribution is -2.32. The summed E-state index contributed by atoms with van der Waals surface area (Å²) in [5, 5.41) is 3.36. The number of benzene rings is 1. The molecule has 0 saturated heterocycles. The Morgan fingerprint density at radius 3 is 2.61 bits per heavy atom. The topological polar surface area (TPSA) is 64.3 Å². The summed E-state index contributed by atoms with van der Waals surface area (Å²) in [5.41, 5.74) is 5.56. The largest absolute Gasteiger partial charge is 0.484 e. The van der Waals surface area contributed by atoms with Gasteiger partial charge in [0, 0.05) is 17.6 Å². The van der Waals surface area contributed by atoms with Crippen LogP contribution < -0.4 is 15.8 Å². The van der Waals surface area contributed by atoms with E-state index in [4.69, 9.17) is 22.1 Å². The minimum Gasteiger partial charge on any atom is -0.484 e. The van der Waals surface area contributed by atoms with Crippen LogP contribution in [0.2, 0.25) is 5.02 Å². The molecule has 1 aromatic rings. The number of carbonyl (C=O) groups is 1. The molecule has 1 unspecified atom stereocenters. The van der Waals surface area contributed by atoms with Crippen LogP contribution in [0, 0.1) is 0 Å². The number of nitrogens with one attached hydrogen (secondary N) is 1. The van der Waals surface area contributed by atoms with Crippen molar-refractivity contribution in [2.45, 2.75) is 19.4 Å². The van der Waals surface area contributed by atoms with Gasteiger partial charge in [0.1, 0.15) is 5.75 Å². The molecule has 0 spiro atoms. The lowest BCUT2D eigenvalue weighted by Gasteiger charge is -2.08. The molecule has 1 atom stereocenters. The van der Waals surface area contributed by atoms with Crippen LogP contribution >= 0.6 is 24.0 Å². The van der Waals surface area contributed by atoms with Crippen LogP contribution in [-0.2, 0) is 4.79 Å². The maximum atomic E-state index is 11.4. The third-order valence-corrected chi connectivity index (χ3v) is 2.36. The van der Waals surface area contributed by atoms with E-state index in [0.717, 1.165) is 6.42 Å². The number of nitrogens with two attached hydrogens (primary N) is 1. The van der Waals surface area contributed by atoms with Crippen LogP contribution in [-0.4, -0.2) is 25.1 Å². The fourth-order valence-electron chi connectivity index (χ4n) is 1.17. The lowest BCUT2D eigenvalue weighted by atomic mass is 10.2. The molecule has 1 amide bonds. The fraction of sp³-hybridized carbons (Fsp3) is 0.417. The van der Waals surface area contributed by atoms with Crippen LogP contribution in [0.25, 0.3) is 0 Å². The number of hydrogen-bond donors (Lipinski definition) is 2. The summed E-state index contributed by atoms with van der Waals surface area (Å²) in [6, 6.07) is 6.96. The number of amides is 1. The van der Waals surface area contributed by atoms with Crippen molar-refractivity contribution in [2.75, 3.05) is 13.2 Å². The Balaban J connectivity index is 0.00000289. The van der Waals surface area contributed by atoms with Gasteiger partial charge in [0.05, 0.1) is 0 Å². The van der Waals surface area contributed by atoms with Crippen LogP contribution in [0.15, 0.2) is 24.3 Å². The molecule has 1 aromatic carbocycles. The molecule has 0 aliphatic carbocycles. The maximum absolute atomic E-state index is 11.4. The molecule has 0 aliphatic rings. The highest BCUT2D eigenvalue weighted by Gasteiger charge is 2.02. The zero-order chi connectivity index (χ0) is 12.7. The van der Waals surface area contributed by atoms with E-state index < -0.39 is 0 Å². The normalized spacial score (nSPS) is 11.3. The predicted molar refractivity (Wildman–Crippen MR) is 75.5 cm³/mol. The van der Waals surface area contributed by atoms with Gasteiger partial charge in [-0.25, -0.2) is 0 Å². The van der Waals surface area contributed by atoms with Gasteiger partial charge in [-0.1, -0.05) is 11.6 Å². The Bertz CT molecular complexity index is 356. The van der Waals surface area contributed by atoms with Crippen molar-refractivity contribution in [3.8, 4) is 5.75 Å². The zero-order valence-electron chi connectivity index (χ0n) is 10.2. The average Bonchev–Trinajstić information content (AvgIpc) is 2.28. The fourth-order valence-corrected chi connectivity index (χ4v) is 1.30. The molecular formula is C12H18Cl2N2O2. The second-order valence-electron chi connectivity index (χ2n) is 3.86. The Morgan fingerprint density at radius 2 is 2.06 bits per heavy atom. The van der Waals surface area contributed by atoms with E-state index in [9.17, 15) is 4.79 Å². The number of carbonyl (C=O) groups excluding carboxylic acids is 1. The van der Waals surface area contributed by atoms with Gasteiger partial charge in [0.15, 0.2) is 6.61 Å². The van der Waals surface area contributed by atoms with Crippen LogP contribution in [0.4, 0.5) is 0 Å². The minimum absolute atomic E-state index is 0. The highest BCUT2D eigenvalue weighted by molar-refractivity contribution is 6.30. The molecular weight excluding hydrogens is 275 g/mol. The molecule has 0 heterocycles. The van der Waals surface area contributed by atoms with Crippen LogP contribution in [0.1, 0.15) is 13.3 Å². The van der Waals surface area contributed by atoms with E-state index >= 15 is 0 Å². The predicted octanol–water partition coefficient (Wildman–Crippen LogP) is 1.99. The molecule has 4 nitrogen and oxygen atoms in total. The Labute approximate surface area is 118 Å². The summed E-state index contributed by atoms with van der Waals surface area (Å²) < 4.78 is 5.28. The molecule has 1 rings (SSSR count). The van der Waals surface area contributed by atoms with E-state index in [1.807, 2.05) is 6.92 Å². The summed E-state index contributed by atoms with van der Waals surface area (Å²) >= 11 is 5.73. The molecule has 0 radical (unpaired) electrons. The average molecular weight is 293 g/mol. The van der Waals surface area contributed by atoms with Crippen LogP contribution in [0.5, 0.6) is 5.75 Å². The van der Waals surface area contributed by atoms with Crippen molar-refractivity contribution in [2.24, 2.45) is 5.73 Å². The van der Waals surface area contributed by atoms with Crippen LogP contribution in [0.3, 0.4) is 0 Å². The van der Waals surface area contributed by atoms with Gasteiger partial charge in [-0.05, 0) is 37.6 Å². The Hall–Kier alpha value is -0.970. The highest BCUT2D eigenvalue weighted by Crippen LogP contribution is 2.15. The summed E-state index contributed by atoms with van der Waals surface area (Å²) in [6.45, 7) is 2.47. The second kappa shape index (κ2) is 9.03. The zero-order valence-corrected chi connectivity index (χ0v) is 11.8. The number of ether oxygens (including phenoxy) is 1. The molecule has 102 valence electrons. The van der Waals surface area contributed by atoms with E-state index in [0.29, 0.717) is 17.3 Å². The summed E-state index contributed by atoms with van der Waals surface area (Å²) in [7, 11) is 0. The van der Waals surface area contributed by atoms with Gasteiger partial charge in [-0.3, -0.25) is 4.79 Å². The SMILES string of the molecule is CC(N)CCNC(=O)COc1ccc(Cl)cc1.Cl. The molecule has 0 bridgehead atoms. The van der Waals surface area contributed by atoms with Crippen molar-refractivity contribution < 1.29 is 9.53 Å². The lowest BCUT2D eigenvalue weighted by molar-refractivity contribution is -0.123. The maximum Gasteiger partial charge on any atom is 0.257 e. The van der Waals surface area contributed by atoms with Crippen molar-refractivity contribution in [1.82, 2.24) is 5.32 Å². The molecule has 0 saturated carbocycles. The smallest absolute Gasteiger partial charge is 0.257 e. The van der Waals surface area contributed by atoms with Gasteiger partial charge in [-0.15, -0.1) is 12.4 Å². The number of rotatable bonds is 6. The monoisotopic (exact) mass is 292 g/mol. The molecule has 3 N–H and O–H groups in total. The summed E-state index contributed by atoms with van der Waals surface area (Å²) in [4.78, 5) is 11.4. The second-order valence-corrected chi connectivity index (χ2v) is 4.29. The summed E-state index contributed by atoms with van der Waals surface area (Å²) in [6.07, 6.45) is 0.757. The third kappa shape index (κ3) is 7.37. The van der Waals surface area contributed by atoms with Gasteiger partial charge in [0.2, 0.25) is 0 Å². The van der Waals surface area contributed by atoms with Crippen molar-refractivity contribution in [1.29, 1.82) is 0 Å². The third-order valence-electron chi connectivity index (χ3n) is 2.11. The number of hydrogen-bond acceptors (Lipinski definition) is 3. The first kappa shape index (κ1) is 17.0. The summed E-state index contributed by atoms with van der Waals surface area (Å²) in [5.74, 6) is 0.470. The molecule has 18 heavy (non-hydrogen) atoms. The van der Waals surface area contributed by atoms with E-state index in [1.54, 1.807) is 24.3 Å². The van der Waals surface area contributed by atoms with Crippen molar-refractivity contribution in [3.05, 3.63) is 29.3 Å². The van der Waals surface area contributed by atoms with Gasteiger partial charge in [0.25, 0.3) is 5.91 Å². The quantitative estimate of drug-likeness (QED) is 0.843. The van der Waals surface area contributed by atoms with Crippen molar-refractivity contribution in [3.63, 3.8) is 0 Å². The van der Waals surface area contributed by atoms with E-state index in [2.05, 4.69) is 5.32 Å². The first-order chi connectivity index (χ1) is 8.08. The number of halogens is 2. The Kier molecular flexibility index (Phi) is 8.54. The Morgan fingerprint density at radius 1 is 1.44 bits per heavy atom. The molecule has 0 fully saturated rings. The molecule has 0 aliphatic heterocycles. The molecule has 0 aromatic heterocycles. The molecule has 6 heteroatoms. The van der Waals surface area contributed by atoms with Gasteiger partial charge in [-0.2, -0.15) is 0 Å². The van der Waals surface area contributed by atoms with Crippen molar-refractivity contribution >= 4 is 29.9 Å². The standard InChI is InChI=1S/C12H17ClN2O2.ClH/c1-9(14)6-7-15-12(16)8-17-11-4-2-10(13)3-5-11;/h2-5,9H,6-8,14H2,1H3,(H,15,16);1H. The first-order valence-electron chi connectivity index (χ1n) is 5.48. The minimum atomic E-state index is -0.152. The van der Waals surface area contributed by atoms with Gasteiger partial charge >= 0.3 is 0 Å².